The molecule has 0 aliphatic carbocycles. The summed E-state index contributed by atoms with van der Waals surface area (Å²) in [4.78, 5) is 15.4. The van der Waals surface area contributed by atoms with Crippen LogP contribution in [0.3, 0.4) is 0 Å². The van der Waals surface area contributed by atoms with Crippen molar-refractivity contribution in [1.29, 1.82) is 0 Å². The number of rotatable bonds is 3. The number of hydrogen-bond acceptors (Lipinski definition) is 2. The van der Waals surface area contributed by atoms with Gasteiger partial charge in [0.05, 0.1) is 11.0 Å². The smallest absolute Gasteiger partial charge is 0.185 e. The Morgan fingerprint density at radius 2 is 1.84 bits per heavy atom. The summed E-state index contributed by atoms with van der Waals surface area (Å²) >= 11 is 0. The molecule has 0 radical (unpaired) electrons. The number of halogens is 1. The lowest BCUT2D eigenvalue weighted by Gasteiger charge is -2.06. The molecule has 0 N–H and O–H groups in total. The summed E-state index contributed by atoms with van der Waals surface area (Å²) in [6.07, 6.45) is 0.740. The molecule has 3 nitrogen and oxygen atoms in total. The molecule has 2 aromatic carbocycles. The first kappa shape index (κ1) is 11.6. The Bertz CT molecular complexity index is 731. The predicted molar refractivity (Wildman–Crippen MR) is 70.6 cm³/mol. The standard InChI is InChI=1S/C15H11FN2O/c16-12-7-5-11(6-8-12)9-18-14-4-2-1-3-13(14)17-15(18)10-19/h1-8,10H,9H2. The number of para-hydroxylation sites is 2. The number of carbonyl (C=O) groups is 1. The number of aromatic nitrogens is 2. The minimum absolute atomic E-state index is 0.269. The molecule has 0 saturated heterocycles. The topological polar surface area (TPSA) is 34.9 Å². The molecule has 0 spiro atoms. The lowest BCUT2D eigenvalue weighted by atomic mass is 10.2. The molecule has 4 heteroatoms. The summed E-state index contributed by atoms with van der Waals surface area (Å²) in [7, 11) is 0. The van der Waals surface area contributed by atoms with E-state index in [1.807, 2.05) is 28.8 Å². The van der Waals surface area contributed by atoms with Crippen LogP contribution in [0, 0.1) is 5.82 Å². The number of nitrogens with zero attached hydrogens (tertiary/aromatic N) is 2. The van der Waals surface area contributed by atoms with Crippen molar-refractivity contribution in [2.75, 3.05) is 0 Å². The zero-order chi connectivity index (χ0) is 13.2. The minimum Gasteiger partial charge on any atom is -0.317 e. The van der Waals surface area contributed by atoms with Crippen molar-refractivity contribution in [3.8, 4) is 0 Å². The van der Waals surface area contributed by atoms with Crippen molar-refractivity contribution >= 4 is 17.3 Å². The molecule has 3 aromatic rings. The van der Waals surface area contributed by atoms with Crippen molar-refractivity contribution in [2.45, 2.75) is 6.54 Å². The third-order valence-electron chi connectivity index (χ3n) is 3.04. The average molecular weight is 254 g/mol. The van der Waals surface area contributed by atoms with Crippen LogP contribution in [-0.4, -0.2) is 15.8 Å². The highest BCUT2D eigenvalue weighted by molar-refractivity contribution is 5.83. The third-order valence-corrected chi connectivity index (χ3v) is 3.04. The molecule has 0 bridgehead atoms. The van der Waals surface area contributed by atoms with Gasteiger partial charge in [0.2, 0.25) is 0 Å². The quantitative estimate of drug-likeness (QED) is 0.673. The highest BCUT2D eigenvalue weighted by atomic mass is 19.1. The monoisotopic (exact) mass is 254 g/mol. The van der Waals surface area contributed by atoms with E-state index in [0.29, 0.717) is 12.4 Å². The number of hydrogen-bond donors (Lipinski definition) is 0. The van der Waals surface area contributed by atoms with Gasteiger partial charge in [0.1, 0.15) is 5.82 Å². The molecule has 1 aromatic heterocycles. The van der Waals surface area contributed by atoms with Gasteiger partial charge in [0.25, 0.3) is 0 Å². The van der Waals surface area contributed by atoms with Gasteiger partial charge in [-0.15, -0.1) is 0 Å². The van der Waals surface area contributed by atoms with Gasteiger partial charge in [-0.05, 0) is 29.8 Å². The number of carbonyl (C=O) groups excluding carboxylic acids is 1. The van der Waals surface area contributed by atoms with Crippen LogP contribution in [0.4, 0.5) is 4.39 Å². The Morgan fingerprint density at radius 1 is 1.11 bits per heavy atom. The fourth-order valence-electron chi connectivity index (χ4n) is 2.12. The van der Waals surface area contributed by atoms with Crippen molar-refractivity contribution in [3.63, 3.8) is 0 Å². The first-order valence-electron chi connectivity index (χ1n) is 5.93. The van der Waals surface area contributed by atoms with Crippen LogP contribution in [0.2, 0.25) is 0 Å². The van der Waals surface area contributed by atoms with E-state index in [9.17, 15) is 9.18 Å². The second-order valence-corrected chi connectivity index (χ2v) is 4.29. The van der Waals surface area contributed by atoms with Gasteiger partial charge in [0, 0.05) is 6.54 Å². The van der Waals surface area contributed by atoms with Crippen molar-refractivity contribution < 1.29 is 9.18 Å². The maximum Gasteiger partial charge on any atom is 0.185 e. The molecule has 0 aliphatic rings. The zero-order valence-corrected chi connectivity index (χ0v) is 10.1. The van der Waals surface area contributed by atoms with Crippen LogP contribution < -0.4 is 0 Å². The molecular weight excluding hydrogens is 243 g/mol. The van der Waals surface area contributed by atoms with Crippen LogP contribution in [0.1, 0.15) is 16.2 Å². The second-order valence-electron chi connectivity index (χ2n) is 4.29. The van der Waals surface area contributed by atoms with Crippen molar-refractivity contribution in [1.82, 2.24) is 9.55 Å². The predicted octanol–water partition coefficient (Wildman–Crippen LogP) is 3.04. The van der Waals surface area contributed by atoms with E-state index in [0.717, 1.165) is 22.9 Å². The first-order chi connectivity index (χ1) is 9.28. The maximum absolute atomic E-state index is 12.9. The lowest BCUT2D eigenvalue weighted by Crippen LogP contribution is -2.04. The van der Waals surface area contributed by atoms with E-state index in [-0.39, 0.29) is 5.82 Å². The molecule has 1 heterocycles. The molecule has 0 atom stereocenters. The summed E-state index contributed by atoms with van der Waals surface area (Å²) in [5.74, 6) is 0.111. The lowest BCUT2D eigenvalue weighted by molar-refractivity contribution is 0.111. The molecule has 0 saturated carbocycles. The van der Waals surface area contributed by atoms with E-state index in [1.165, 1.54) is 12.1 Å². The number of aldehydes is 1. The normalized spacial score (nSPS) is 10.8. The summed E-state index contributed by atoms with van der Waals surface area (Å²) < 4.78 is 14.7. The van der Waals surface area contributed by atoms with E-state index in [2.05, 4.69) is 4.98 Å². The zero-order valence-electron chi connectivity index (χ0n) is 10.1. The summed E-state index contributed by atoms with van der Waals surface area (Å²) in [5, 5.41) is 0. The van der Waals surface area contributed by atoms with Crippen LogP contribution in [0.15, 0.2) is 48.5 Å². The maximum atomic E-state index is 12.9. The molecule has 19 heavy (non-hydrogen) atoms. The molecular formula is C15H11FN2O. The Balaban J connectivity index is 2.08. The number of benzene rings is 2. The molecule has 94 valence electrons. The highest BCUT2D eigenvalue weighted by Crippen LogP contribution is 2.17. The second kappa shape index (κ2) is 4.65. The summed E-state index contributed by atoms with van der Waals surface area (Å²) in [5.41, 5.74) is 2.60. The average Bonchev–Trinajstić information content (AvgIpc) is 2.79. The van der Waals surface area contributed by atoms with Gasteiger partial charge in [-0.3, -0.25) is 4.79 Å². The fourth-order valence-corrected chi connectivity index (χ4v) is 2.12. The molecule has 0 aliphatic heterocycles. The first-order valence-corrected chi connectivity index (χ1v) is 5.93. The Labute approximate surface area is 109 Å². The van der Waals surface area contributed by atoms with E-state index < -0.39 is 0 Å². The van der Waals surface area contributed by atoms with Gasteiger partial charge in [-0.1, -0.05) is 24.3 Å². The molecule has 0 amide bonds. The van der Waals surface area contributed by atoms with Crippen LogP contribution >= 0.6 is 0 Å². The third kappa shape index (κ3) is 2.12. The van der Waals surface area contributed by atoms with Gasteiger partial charge in [-0.25, -0.2) is 9.37 Å². The van der Waals surface area contributed by atoms with Gasteiger partial charge in [0.15, 0.2) is 12.1 Å². The molecule has 0 unspecified atom stereocenters. The molecule has 0 fully saturated rings. The SMILES string of the molecule is O=Cc1nc2ccccc2n1Cc1ccc(F)cc1. The minimum atomic E-state index is -0.269. The largest absolute Gasteiger partial charge is 0.317 e. The Kier molecular flexibility index (Phi) is 2.83. The summed E-state index contributed by atoms with van der Waals surface area (Å²) in [6.45, 7) is 0.495. The highest BCUT2D eigenvalue weighted by Gasteiger charge is 2.09. The number of imidazole rings is 1. The van der Waals surface area contributed by atoms with Crippen LogP contribution in [0.5, 0.6) is 0 Å². The Hall–Kier alpha value is -2.49. The van der Waals surface area contributed by atoms with E-state index >= 15 is 0 Å². The fraction of sp³-hybridized carbons (Fsp3) is 0.0667. The van der Waals surface area contributed by atoms with Crippen molar-refractivity contribution in [3.05, 3.63) is 65.7 Å². The van der Waals surface area contributed by atoms with Crippen LogP contribution in [0.25, 0.3) is 11.0 Å². The molecule has 3 rings (SSSR count). The van der Waals surface area contributed by atoms with Gasteiger partial charge < -0.3 is 4.57 Å². The van der Waals surface area contributed by atoms with Crippen LogP contribution in [-0.2, 0) is 6.54 Å². The van der Waals surface area contributed by atoms with Gasteiger partial charge in [-0.2, -0.15) is 0 Å². The summed E-state index contributed by atoms with van der Waals surface area (Å²) in [6, 6.07) is 13.8. The van der Waals surface area contributed by atoms with E-state index in [4.69, 9.17) is 0 Å². The van der Waals surface area contributed by atoms with E-state index in [1.54, 1.807) is 12.1 Å². The van der Waals surface area contributed by atoms with Crippen molar-refractivity contribution in [2.24, 2.45) is 0 Å². The van der Waals surface area contributed by atoms with Gasteiger partial charge >= 0.3 is 0 Å². The number of fused-ring (bicyclic) bond motifs is 1. The Morgan fingerprint density at radius 3 is 2.58 bits per heavy atom.